The highest BCUT2D eigenvalue weighted by Gasteiger charge is 2.21. The van der Waals surface area contributed by atoms with Gasteiger partial charge < -0.3 is 15.2 Å². The highest BCUT2D eigenvalue weighted by molar-refractivity contribution is 7.21. The van der Waals surface area contributed by atoms with Crippen LogP contribution in [-0.2, 0) is 6.54 Å². The molecule has 0 saturated carbocycles. The summed E-state index contributed by atoms with van der Waals surface area (Å²) in [5, 5.41) is 7.26. The number of thiophene rings is 1. The fourth-order valence-electron chi connectivity index (χ4n) is 3.82. The third kappa shape index (κ3) is 4.49. The van der Waals surface area contributed by atoms with Crippen LogP contribution in [0, 0.1) is 0 Å². The standard InChI is InChI=1S/C26H23N5O2S/c32-22-13-12-21-23(29-19-8-3-1-4-9-19)24(25(33)28-14-7-16-30-17-15-27-18-30)34-26(21)31(22)20-10-5-2-6-11-20/h1-6,8-13,15,17-18,29H,7,14,16H2,(H,28,33). The maximum Gasteiger partial charge on any atom is 0.263 e. The number of para-hydroxylation sites is 2. The molecule has 0 aliphatic heterocycles. The third-order valence-electron chi connectivity index (χ3n) is 5.44. The van der Waals surface area contributed by atoms with Gasteiger partial charge in [0.05, 0.1) is 17.7 Å². The molecule has 7 nitrogen and oxygen atoms in total. The van der Waals surface area contributed by atoms with Gasteiger partial charge in [-0.15, -0.1) is 11.3 Å². The van der Waals surface area contributed by atoms with Crippen LogP contribution in [-0.4, -0.2) is 26.6 Å². The zero-order valence-corrected chi connectivity index (χ0v) is 19.2. The van der Waals surface area contributed by atoms with Crippen molar-refractivity contribution in [2.75, 3.05) is 11.9 Å². The molecule has 0 atom stereocenters. The Hall–Kier alpha value is -4.17. The predicted molar refractivity (Wildman–Crippen MR) is 136 cm³/mol. The molecule has 2 aromatic carbocycles. The number of carbonyl (C=O) groups excluding carboxylic acids is 1. The first-order valence-electron chi connectivity index (χ1n) is 11.0. The number of hydrogen-bond donors (Lipinski definition) is 2. The lowest BCUT2D eigenvalue weighted by Crippen LogP contribution is -2.25. The molecule has 5 aromatic rings. The van der Waals surface area contributed by atoms with Crippen molar-refractivity contribution in [3.8, 4) is 5.69 Å². The van der Waals surface area contributed by atoms with Crippen LogP contribution in [0.25, 0.3) is 15.9 Å². The topological polar surface area (TPSA) is 81.0 Å². The Morgan fingerprint density at radius 3 is 2.47 bits per heavy atom. The summed E-state index contributed by atoms with van der Waals surface area (Å²) in [5.41, 5.74) is 2.19. The largest absolute Gasteiger partial charge is 0.354 e. The zero-order chi connectivity index (χ0) is 23.3. The molecule has 0 spiro atoms. The first-order valence-corrected chi connectivity index (χ1v) is 11.8. The van der Waals surface area contributed by atoms with Gasteiger partial charge >= 0.3 is 0 Å². The minimum Gasteiger partial charge on any atom is -0.354 e. The molecule has 5 rings (SSSR count). The van der Waals surface area contributed by atoms with E-state index in [4.69, 9.17) is 0 Å². The van der Waals surface area contributed by atoms with Crippen molar-refractivity contribution >= 4 is 38.8 Å². The summed E-state index contributed by atoms with van der Waals surface area (Å²) in [6.07, 6.45) is 6.18. The van der Waals surface area contributed by atoms with E-state index in [-0.39, 0.29) is 11.5 Å². The number of pyridine rings is 1. The van der Waals surface area contributed by atoms with Crippen molar-refractivity contribution in [3.63, 3.8) is 0 Å². The molecule has 0 aliphatic rings. The van der Waals surface area contributed by atoms with E-state index in [9.17, 15) is 9.59 Å². The second-order valence-corrected chi connectivity index (χ2v) is 8.77. The molecular weight excluding hydrogens is 446 g/mol. The lowest BCUT2D eigenvalue weighted by atomic mass is 10.2. The number of rotatable bonds is 8. The van der Waals surface area contributed by atoms with Crippen molar-refractivity contribution < 1.29 is 4.79 Å². The number of imidazole rings is 1. The van der Waals surface area contributed by atoms with Crippen LogP contribution >= 0.6 is 11.3 Å². The number of anilines is 2. The lowest BCUT2D eigenvalue weighted by Gasteiger charge is -2.10. The number of amides is 1. The van der Waals surface area contributed by atoms with E-state index >= 15 is 0 Å². The van der Waals surface area contributed by atoms with Gasteiger partial charge in [-0.25, -0.2) is 4.98 Å². The summed E-state index contributed by atoms with van der Waals surface area (Å²) in [7, 11) is 0. The number of nitrogens with one attached hydrogen (secondary N) is 2. The summed E-state index contributed by atoms with van der Waals surface area (Å²) in [6, 6.07) is 22.5. The zero-order valence-electron chi connectivity index (χ0n) is 18.3. The Morgan fingerprint density at radius 2 is 1.74 bits per heavy atom. The fraction of sp³-hybridized carbons (Fsp3) is 0.115. The van der Waals surface area contributed by atoms with E-state index in [1.54, 1.807) is 29.2 Å². The van der Waals surface area contributed by atoms with Gasteiger partial charge in [-0.3, -0.25) is 14.2 Å². The maximum atomic E-state index is 13.3. The molecule has 170 valence electrons. The normalized spacial score (nSPS) is 10.9. The molecule has 0 radical (unpaired) electrons. The minimum atomic E-state index is -0.169. The highest BCUT2D eigenvalue weighted by atomic mass is 32.1. The smallest absolute Gasteiger partial charge is 0.263 e. The van der Waals surface area contributed by atoms with Crippen LogP contribution in [0.15, 0.2) is 96.3 Å². The Kier molecular flexibility index (Phi) is 6.22. The van der Waals surface area contributed by atoms with Crippen molar-refractivity contribution in [2.45, 2.75) is 13.0 Å². The minimum absolute atomic E-state index is 0.140. The van der Waals surface area contributed by atoms with Crippen LogP contribution in [0.3, 0.4) is 0 Å². The number of benzene rings is 2. The first kappa shape index (κ1) is 21.7. The summed E-state index contributed by atoms with van der Waals surface area (Å²) in [5.74, 6) is -0.169. The Morgan fingerprint density at radius 1 is 0.971 bits per heavy atom. The van der Waals surface area contributed by atoms with E-state index in [2.05, 4.69) is 15.6 Å². The van der Waals surface area contributed by atoms with E-state index in [1.807, 2.05) is 71.4 Å². The van der Waals surface area contributed by atoms with Crippen molar-refractivity contribution in [2.24, 2.45) is 0 Å². The molecule has 0 aliphatic carbocycles. The lowest BCUT2D eigenvalue weighted by molar-refractivity contribution is 0.0957. The predicted octanol–water partition coefficient (Wildman–Crippen LogP) is 4.81. The molecule has 0 bridgehead atoms. The summed E-state index contributed by atoms with van der Waals surface area (Å²) >= 11 is 1.32. The van der Waals surface area contributed by atoms with Gasteiger partial charge in [0.2, 0.25) is 0 Å². The van der Waals surface area contributed by atoms with Crippen LogP contribution < -0.4 is 16.2 Å². The van der Waals surface area contributed by atoms with E-state index in [1.165, 1.54) is 11.3 Å². The summed E-state index contributed by atoms with van der Waals surface area (Å²) in [4.78, 5) is 31.4. The Labute approximate surface area is 200 Å². The maximum absolute atomic E-state index is 13.3. The molecule has 8 heteroatoms. The van der Waals surface area contributed by atoms with Crippen LogP contribution in [0.2, 0.25) is 0 Å². The molecule has 1 amide bonds. The molecular formula is C26H23N5O2S. The highest BCUT2D eigenvalue weighted by Crippen LogP contribution is 2.37. The molecule has 2 N–H and O–H groups in total. The van der Waals surface area contributed by atoms with Crippen LogP contribution in [0.4, 0.5) is 11.4 Å². The Balaban J connectivity index is 1.51. The van der Waals surface area contributed by atoms with E-state index < -0.39 is 0 Å². The summed E-state index contributed by atoms with van der Waals surface area (Å²) in [6.45, 7) is 1.30. The van der Waals surface area contributed by atoms with Crippen LogP contribution in [0.5, 0.6) is 0 Å². The quantitative estimate of drug-likeness (QED) is 0.320. The van der Waals surface area contributed by atoms with Crippen molar-refractivity contribution in [3.05, 3.63) is 107 Å². The summed E-state index contributed by atoms with van der Waals surface area (Å²) < 4.78 is 3.64. The first-order chi connectivity index (χ1) is 16.7. The van der Waals surface area contributed by atoms with Gasteiger partial charge in [0, 0.05) is 42.6 Å². The fourth-order valence-corrected chi connectivity index (χ4v) is 5.00. The average Bonchev–Trinajstić information content (AvgIpc) is 3.51. The molecule has 0 unspecified atom stereocenters. The SMILES string of the molecule is O=C(NCCCn1ccnc1)c1sc2c(ccc(=O)n2-c2ccccc2)c1Nc1ccccc1. The van der Waals surface area contributed by atoms with Gasteiger partial charge in [0.1, 0.15) is 9.71 Å². The number of nitrogens with zero attached hydrogens (tertiary/aromatic N) is 3. The average molecular weight is 470 g/mol. The van der Waals surface area contributed by atoms with Crippen molar-refractivity contribution in [1.82, 2.24) is 19.4 Å². The van der Waals surface area contributed by atoms with Crippen LogP contribution in [0.1, 0.15) is 16.1 Å². The molecule has 3 heterocycles. The molecule has 0 fully saturated rings. The molecule has 0 saturated heterocycles. The third-order valence-corrected chi connectivity index (χ3v) is 6.63. The number of hydrogen-bond acceptors (Lipinski definition) is 5. The van der Waals surface area contributed by atoms with Gasteiger partial charge in [0.25, 0.3) is 11.5 Å². The Bertz CT molecular complexity index is 1460. The molecule has 3 aromatic heterocycles. The van der Waals surface area contributed by atoms with Gasteiger partial charge in [-0.05, 0) is 36.8 Å². The van der Waals surface area contributed by atoms with Gasteiger partial charge in [-0.2, -0.15) is 0 Å². The molecule has 34 heavy (non-hydrogen) atoms. The van der Waals surface area contributed by atoms with E-state index in [0.717, 1.165) is 34.6 Å². The second-order valence-electron chi connectivity index (χ2n) is 7.77. The number of aryl methyl sites for hydroxylation is 1. The second kappa shape index (κ2) is 9.76. The number of fused-ring (bicyclic) bond motifs is 1. The number of carbonyl (C=O) groups is 1. The van der Waals surface area contributed by atoms with E-state index in [0.29, 0.717) is 17.1 Å². The number of aromatic nitrogens is 3. The van der Waals surface area contributed by atoms with Crippen molar-refractivity contribution in [1.29, 1.82) is 0 Å². The van der Waals surface area contributed by atoms with Gasteiger partial charge in [0.15, 0.2) is 0 Å². The van der Waals surface area contributed by atoms with Gasteiger partial charge in [-0.1, -0.05) is 36.4 Å². The monoisotopic (exact) mass is 469 g/mol.